The smallest absolute Gasteiger partial charge is 0.280 e. The zero-order valence-corrected chi connectivity index (χ0v) is 45.6. The van der Waals surface area contributed by atoms with E-state index in [9.17, 15) is 0 Å². The van der Waals surface area contributed by atoms with E-state index in [-0.39, 0.29) is 20.1 Å². The normalized spacial score (nSPS) is 13.9. The largest absolute Gasteiger partial charge is 0.458 e. The van der Waals surface area contributed by atoms with E-state index in [4.69, 9.17) is 28.4 Å². The van der Waals surface area contributed by atoms with Gasteiger partial charge >= 0.3 is 0 Å². The number of hydrogen-bond donors (Lipinski definition) is 3. The van der Waals surface area contributed by atoms with Crippen LogP contribution in [-0.2, 0) is 0 Å². The first-order chi connectivity index (χ1) is 40.5. The van der Waals surface area contributed by atoms with Gasteiger partial charge in [0.2, 0.25) is 0 Å². The van der Waals surface area contributed by atoms with Crippen LogP contribution in [0.3, 0.4) is 0 Å². The average Bonchev–Trinajstić information content (AvgIpc) is 1.87. The molecule has 0 amide bonds. The molecule has 82 heavy (non-hydrogen) atoms. The highest BCUT2D eigenvalue weighted by Gasteiger charge is 2.50. The van der Waals surface area contributed by atoms with Crippen LogP contribution in [0, 0.1) is 0 Å². The third-order valence-corrected chi connectivity index (χ3v) is 18.3. The van der Waals surface area contributed by atoms with Gasteiger partial charge < -0.3 is 43.7 Å². The van der Waals surface area contributed by atoms with Crippen LogP contribution in [0.5, 0.6) is 69.0 Å². The van der Waals surface area contributed by atoms with E-state index in [2.05, 4.69) is 127 Å². The van der Waals surface area contributed by atoms with Crippen molar-refractivity contribution < 1.29 is 28.4 Å². The molecule has 2 aromatic heterocycles. The summed E-state index contributed by atoms with van der Waals surface area (Å²) in [6.45, 7) is -0.718. The second kappa shape index (κ2) is 17.4. The Balaban J connectivity index is 0.871. The van der Waals surface area contributed by atoms with Gasteiger partial charge in [-0.3, -0.25) is 8.61 Å². The Labute approximate surface area is 480 Å². The Morgan fingerprint density at radius 2 is 0.829 bits per heavy atom. The number of fused-ring (bicyclic) bond motifs is 16. The summed E-state index contributed by atoms with van der Waals surface area (Å²) < 4.78 is 45.9. The van der Waals surface area contributed by atoms with Crippen molar-refractivity contribution in [3.05, 3.63) is 200 Å². The summed E-state index contributed by atoms with van der Waals surface area (Å²) in [5.74, 6) is 8.77. The minimum atomic E-state index is -0.266. The van der Waals surface area contributed by atoms with Crippen LogP contribution in [0.1, 0.15) is 0 Å². The van der Waals surface area contributed by atoms with Crippen LogP contribution in [0.4, 0.5) is 34.1 Å². The molecule has 0 radical (unpaired) electrons. The van der Waals surface area contributed by atoms with Crippen molar-refractivity contribution in [3.63, 3.8) is 0 Å². The minimum absolute atomic E-state index is 0.213. The molecular weight excluding hydrogens is 1060 g/mol. The van der Waals surface area contributed by atoms with Crippen molar-refractivity contribution in [1.29, 1.82) is 0 Å². The molecule has 16 heteroatoms. The Bertz CT molecular complexity index is 4450. The van der Waals surface area contributed by atoms with Gasteiger partial charge in [0.1, 0.15) is 69.0 Å². The number of H-pyrrole nitrogens is 2. The molecule has 6 aliphatic rings. The monoisotopic (exact) mass is 1100 g/mol. The fraction of sp³-hybridized carbons (Fsp3) is 0.0303. The summed E-state index contributed by atoms with van der Waals surface area (Å²) in [6.07, 6.45) is 4.30. The molecule has 11 nitrogen and oxygen atoms in total. The number of para-hydroxylation sites is 5. The molecule has 6 aliphatic heterocycles. The van der Waals surface area contributed by atoms with Crippen LogP contribution in [0.15, 0.2) is 200 Å². The van der Waals surface area contributed by atoms with Crippen LogP contribution in [-0.4, -0.2) is 42.6 Å². The summed E-state index contributed by atoms with van der Waals surface area (Å²) >= 11 is 3.36. The number of nitrogens with zero attached hydrogens (tertiary/aromatic N) is 2. The first-order valence-electron chi connectivity index (χ1n) is 27.3. The second-order valence-electron chi connectivity index (χ2n) is 21.3. The molecule has 12 aromatic rings. The third kappa shape index (κ3) is 6.73. The highest BCUT2D eigenvalue weighted by atomic mass is 32.2. The van der Waals surface area contributed by atoms with Gasteiger partial charge in [0.05, 0.1) is 17.1 Å². The maximum Gasteiger partial charge on any atom is 0.280 e. The fourth-order valence-electron chi connectivity index (χ4n) is 13.5. The van der Waals surface area contributed by atoms with Gasteiger partial charge in [-0.05, 0) is 123 Å². The summed E-state index contributed by atoms with van der Waals surface area (Å²) in [5.41, 5.74) is 17.8. The SMILES string of the molecule is CSN1c2cc3c(cc2B2c4cc5c(cc4N(SC)c4cc(Oc6ccccc6)cc1c42)Oc1cc(Oc2ccccc2)cc2c1B5c1[nH]c4ccccc4c1O2)B1c2[nH]c4ccccc4c2Oc2cc(Oc4ccccc4)cc(c21)N3. The molecule has 388 valence electrons. The molecule has 0 bridgehead atoms. The van der Waals surface area contributed by atoms with Gasteiger partial charge in [-0.15, -0.1) is 0 Å². The number of benzene rings is 10. The Morgan fingerprint density at radius 3 is 1.39 bits per heavy atom. The van der Waals surface area contributed by atoms with Gasteiger partial charge in [-0.1, -0.05) is 91.0 Å². The van der Waals surface area contributed by atoms with Gasteiger partial charge in [-0.2, -0.15) is 0 Å². The molecule has 10 aromatic carbocycles. The van der Waals surface area contributed by atoms with Crippen molar-refractivity contribution in [3.8, 4) is 69.0 Å². The van der Waals surface area contributed by atoms with Crippen LogP contribution in [0.2, 0.25) is 0 Å². The van der Waals surface area contributed by atoms with Crippen LogP contribution in [0.25, 0.3) is 21.8 Å². The number of nitrogens with one attached hydrogen (secondary N) is 3. The zero-order chi connectivity index (χ0) is 53.9. The first kappa shape index (κ1) is 46.2. The molecule has 0 atom stereocenters. The third-order valence-electron chi connectivity index (χ3n) is 16.8. The quantitative estimate of drug-likeness (QED) is 0.100. The molecule has 3 N–H and O–H groups in total. The van der Waals surface area contributed by atoms with Gasteiger partial charge in [-0.25, -0.2) is 0 Å². The van der Waals surface area contributed by atoms with Crippen molar-refractivity contribution in [2.24, 2.45) is 0 Å². The van der Waals surface area contributed by atoms with E-state index in [0.29, 0.717) is 23.0 Å². The molecule has 0 fully saturated rings. The summed E-state index contributed by atoms with van der Waals surface area (Å²) in [4.78, 5) is 7.72. The predicted octanol–water partition coefficient (Wildman–Crippen LogP) is 11.4. The lowest BCUT2D eigenvalue weighted by atomic mass is 9.30. The Morgan fingerprint density at radius 1 is 0.366 bits per heavy atom. The molecule has 0 aliphatic carbocycles. The molecule has 0 saturated carbocycles. The van der Waals surface area contributed by atoms with Gasteiger partial charge in [0, 0.05) is 110 Å². The van der Waals surface area contributed by atoms with Crippen molar-refractivity contribution in [2.75, 3.05) is 26.4 Å². The Kier molecular flexibility index (Phi) is 9.82. The topological polar surface area (TPSA) is 105 Å². The summed E-state index contributed by atoms with van der Waals surface area (Å²) in [5, 5.41) is 5.99. The van der Waals surface area contributed by atoms with E-state index >= 15 is 0 Å². The van der Waals surface area contributed by atoms with Crippen LogP contribution >= 0.6 is 23.9 Å². The maximum absolute atomic E-state index is 7.23. The number of hydrogen-bond acceptors (Lipinski definition) is 11. The standard InChI is InChI=1S/C66H42B3N5O6S2/c1-81-73-52-34-50-44(68-60-51(70-50)26-39(75-36-16-6-3-7-17-36)29-57(60)79-63-42-22-12-14-24-48(42)71-65(63)68)32-45(52)67-46-33-47-56(35-53(46)74(82-2)55-28-40(27-54(73)61(55)67)76-37-18-8-4-9-19-37)78-58-30-41(77-38-20-10-5-11-21-38)31-59-62(58)69(47)66-64(80-59)43-23-13-15-25-49(43)72-66/h3-35,70-72H,1-2H3. The van der Waals surface area contributed by atoms with E-state index in [0.717, 1.165) is 140 Å². The molecule has 0 unspecified atom stereocenters. The van der Waals surface area contributed by atoms with Crippen molar-refractivity contribution in [1.82, 2.24) is 9.97 Å². The number of aromatic amines is 2. The molecule has 0 saturated heterocycles. The highest BCUT2D eigenvalue weighted by Crippen LogP contribution is 2.49. The molecule has 0 spiro atoms. The average molecular weight is 1100 g/mol. The lowest BCUT2D eigenvalue weighted by Gasteiger charge is -2.44. The highest BCUT2D eigenvalue weighted by molar-refractivity contribution is 8.00. The second-order valence-corrected chi connectivity index (χ2v) is 22.8. The predicted molar refractivity (Wildman–Crippen MR) is 337 cm³/mol. The van der Waals surface area contributed by atoms with E-state index in [1.54, 1.807) is 23.9 Å². The van der Waals surface area contributed by atoms with Gasteiger partial charge in [0.15, 0.2) is 0 Å². The first-order valence-corrected chi connectivity index (χ1v) is 29.6. The molecular formula is C66H42B3N5O6S2. The summed E-state index contributed by atoms with van der Waals surface area (Å²) in [7, 11) is 0. The number of aromatic nitrogens is 2. The number of rotatable bonds is 8. The molecule has 8 heterocycles. The fourth-order valence-corrected chi connectivity index (χ4v) is 14.9. The Hall–Kier alpha value is -9.63. The maximum atomic E-state index is 7.23. The number of anilines is 6. The summed E-state index contributed by atoms with van der Waals surface area (Å²) in [6, 6.07) is 68.6. The van der Waals surface area contributed by atoms with E-state index < -0.39 is 0 Å². The number of ether oxygens (including phenoxy) is 6. The minimum Gasteiger partial charge on any atom is -0.458 e. The van der Waals surface area contributed by atoms with Crippen molar-refractivity contribution in [2.45, 2.75) is 0 Å². The van der Waals surface area contributed by atoms with E-state index in [1.165, 1.54) is 10.9 Å². The van der Waals surface area contributed by atoms with E-state index in [1.807, 2.05) is 109 Å². The van der Waals surface area contributed by atoms with Crippen LogP contribution < -0.4 is 91.8 Å². The lowest BCUT2D eigenvalue weighted by molar-refractivity contribution is 0.444. The van der Waals surface area contributed by atoms with Crippen molar-refractivity contribution >= 4 is 149 Å². The molecule has 18 rings (SSSR count). The van der Waals surface area contributed by atoms with Gasteiger partial charge in [0.25, 0.3) is 20.1 Å². The lowest BCUT2D eigenvalue weighted by Crippen LogP contribution is -2.65. The zero-order valence-electron chi connectivity index (χ0n) is 43.9.